The highest BCUT2D eigenvalue weighted by molar-refractivity contribution is 9.10. The van der Waals surface area contributed by atoms with Crippen molar-refractivity contribution in [3.8, 4) is 6.07 Å². The molecule has 0 aliphatic heterocycles. The molecule has 2 rings (SSSR count). The van der Waals surface area contributed by atoms with Crippen LogP contribution in [0.5, 0.6) is 0 Å². The second kappa shape index (κ2) is 5.11. The zero-order valence-corrected chi connectivity index (χ0v) is 11.8. The van der Waals surface area contributed by atoms with Gasteiger partial charge in [-0.1, -0.05) is 28.1 Å². The molecular formula is C14H15BrN2O. The number of nitrogens with one attached hydrogen (secondary N) is 1. The zero-order chi connectivity index (χ0) is 13.2. The SMILES string of the molecule is C[C@@H](NC(=O)C1(C#N)CCC1)c1ccc(Br)cc1. The third-order valence-electron chi connectivity index (χ3n) is 3.57. The van der Waals surface area contributed by atoms with E-state index >= 15 is 0 Å². The van der Waals surface area contributed by atoms with Crippen LogP contribution in [0.2, 0.25) is 0 Å². The van der Waals surface area contributed by atoms with Gasteiger partial charge in [0.1, 0.15) is 5.41 Å². The molecule has 0 radical (unpaired) electrons. The Labute approximate surface area is 115 Å². The van der Waals surface area contributed by atoms with Gasteiger partial charge in [0.2, 0.25) is 5.91 Å². The van der Waals surface area contributed by atoms with Gasteiger partial charge in [0.25, 0.3) is 0 Å². The van der Waals surface area contributed by atoms with Crippen LogP contribution in [0.25, 0.3) is 0 Å². The van der Waals surface area contributed by atoms with E-state index in [4.69, 9.17) is 5.26 Å². The number of nitrogens with zero attached hydrogens (tertiary/aromatic N) is 1. The van der Waals surface area contributed by atoms with Crippen LogP contribution in [0.3, 0.4) is 0 Å². The number of hydrogen-bond donors (Lipinski definition) is 1. The molecule has 1 aliphatic carbocycles. The van der Waals surface area contributed by atoms with E-state index in [2.05, 4.69) is 27.3 Å². The maximum absolute atomic E-state index is 12.1. The van der Waals surface area contributed by atoms with Crippen molar-refractivity contribution >= 4 is 21.8 Å². The molecular weight excluding hydrogens is 292 g/mol. The number of carbonyl (C=O) groups is 1. The largest absolute Gasteiger partial charge is 0.348 e. The van der Waals surface area contributed by atoms with E-state index in [1.807, 2.05) is 31.2 Å². The fraction of sp³-hybridized carbons (Fsp3) is 0.429. The Morgan fingerprint density at radius 3 is 2.50 bits per heavy atom. The number of amides is 1. The molecule has 4 heteroatoms. The second-order valence-electron chi connectivity index (χ2n) is 4.79. The predicted octanol–water partition coefficient (Wildman–Crippen LogP) is 3.32. The Morgan fingerprint density at radius 1 is 1.44 bits per heavy atom. The van der Waals surface area contributed by atoms with Gasteiger partial charge in [-0.05, 0) is 43.9 Å². The molecule has 3 nitrogen and oxygen atoms in total. The molecule has 1 aliphatic rings. The number of carbonyl (C=O) groups excluding carboxylic acids is 1. The molecule has 1 N–H and O–H groups in total. The van der Waals surface area contributed by atoms with Gasteiger partial charge in [0.15, 0.2) is 0 Å². The van der Waals surface area contributed by atoms with Gasteiger partial charge in [0, 0.05) is 4.47 Å². The number of benzene rings is 1. The van der Waals surface area contributed by atoms with Crippen LogP contribution in [0.15, 0.2) is 28.7 Å². The molecule has 1 amide bonds. The van der Waals surface area contributed by atoms with Crippen molar-refractivity contribution in [1.82, 2.24) is 5.32 Å². The second-order valence-corrected chi connectivity index (χ2v) is 5.71. The normalized spacial score (nSPS) is 18.3. The lowest BCUT2D eigenvalue weighted by Gasteiger charge is -2.34. The molecule has 0 saturated heterocycles. The quantitative estimate of drug-likeness (QED) is 0.931. The van der Waals surface area contributed by atoms with Gasteiger partial charge in [-0.2, -0.15) is 5.26 Å². The maximum atomic E-state index is 12.1. The van der Waals surface area contributed by atoms with Gasteiger partial charge in [0.05, 0.1) is 12.1 Å². The van der Waals surface area contributed by atoms with Crippen LogP contribution in [0, 0.1) is 16.7 Å². The summed E-state index contributed by atoms with van der Waals surface area (Å²) in [6.45, 7) is 1.94. The third-order valence-corrected chi connectivity index (χ3v) is 4.10. The van der Waals surface area contributed by atoms with E-state index in [0.717, 1.165) is 16.5 Å². The Kier molecular flexibility index (Phi) is 3.72. The molecule has 1 fully saturated rings. The van der Waals surface area contributed by atoms with Crippen LogP contribution < -0.4 is 5.32 Å². The van der Waals surface area contributed by atoms with Crippen molar-refractivity contribution in [2.45, 2.75) is 32.2 Å². The summed E-state index contributed by atoms with van der Waals surface area (Å²) in [5.41, 5.74) is 0.267. The smallest absolute Gasteiger partial charge is 0.240 e. The molecule has 0 unspecified atom stereocenters. The summed E-state index contributed by atoms with van der Waals surface area (Å²) in [5.74, 6) is -0.133. The zero-order valence-electron chi connectivity index (χ0n) is 10.2. The van der Waals surface area contributed by atoms with Crippen molar-refractivity contribution in [2.24, 2.45) is 5.41 Å². The number of halogens is 1. The van der Waals surface area contributed by atoms with Crippen LogP contribution in [0.1, 0.15) is 37.8 Å². The van der Waals surface area contributed by atoms with E-state index in [1.54, 1.807) is 0 Å². The number of nitriles is 1. The first-order valence-corrected chi connectivity index (χ1v) is 6.84. The fourth-order valence-corrected chi connectivity index (χ4v) is 2.35. The van der Waals surface area contributed by atoms with Crippen LogP contribution in [-0.4, -0.2) is 5.91 Å². The van der Waals surface area contributed by atoms with Gasteiger partial charge in [-0.3, -0.25) is 4.79 Å². The Balaban J connectivity index is 2.03. The molecule has 1 saturated carbocycles. The summed E-state index contributed by atoms with van der Waals surface area (Å²) in [6, 6.07) is 9.91. The Bertz CT molecular complexity index is 486. The molecule has 0 heterocycles. The Hall–Kier alpha value is -1.34. The first-order chi connectivity index (χ1) is 8.57. The van der Waals surface area contributed by atoms with Crippen molar-refractivity contribution in [2.75, 3.05) is 0 Å². The van der Waals surface area contributed by atoms with E-state index in [-0.39, 0.29) is 11.9 Å². The van der Waals surface area contributed by atoms with E-state index in [1.165, 1.54) is 0 Å². The highest BCUT2D eigenvalue weighted by atomic mass is 79.9. The monoisotopic (exact) mass is 306 g/mol. The number of hydrogen-bond acceptors (Lipinski definition) is 2. The molecule has 0 bridgehead atoms. The van der Waals surface area contributed by atoms with Crippen LogP contribution in [0.4, 0.5) is 0 Å². The molecule has 0 spiro atoms. The van der Waals surface area contributed by atoms with Crippen molar-refractivity contribution < 1.29 is 4.79 Å². The van der Waals surface area contributed by atoms with Crippen molar-refractivity contribution in [3.05, 3.63) is 34.3 Å². The summed E-state index contributed by atoms with van der Waals surface area (Å²) in [7, 11) is 0. The first-order valence-electron chi connectivity index (χ1n) is 6.05. The van der Waals surface area contributed by atoms with Gasteiger partial charge < -0.3 is 5.32 Å². The highest BCUT2D eigenvalue weighted by Crippen LogP contribution is 2.40. The van der Waals surface area contributed by atoms with Crippen molar-refractivity contribution in [3.63, 3.8) is 0 Å². The molecule has 0 aromatic heterocycles. The third kappa shape index (κ3) is 2.41. The van der Waals surface area contributed by atoms with Crippen LogP contribution in [-0.2, 0) is 4.79 Å². The molecule has 1 atom stereocenters. The van der Waals surface area contributed by atoms with Crippen molar-refractivity contribution in [1.29, 1.82) is 5.26 Å². The van der Waals surface area contributed by atoms with Gasteiger partial charge in [-0.15, -0.1) is 0 Å². The minimum atomic E-state index is -0.774. The summed E-state index contributed by atoms with van der Waals surface area (Å²) in [5, 5.41) is 12.0. The standard InChI is InChI=1S/C14H15BrN2O/c1-10(11-3-5-12(15)6-4-11)17-13(18)14(9-16)7-2-8-14/h3-6,10H,2,7-8H2,1H3,(H,17,18)/t10-/m1/s1. The average molecular weight is 307 g/mol. The minimum Gasteiger partial charge on any atom is -0.348 e. The topological polar surface area (TPSA) is 52.9 Å². The lowest BCUT2D eigenvalue weighted by Crippen LogP contribution is -2.45. The summed E-state index contributed by atoms with van der Waals surface area (Å²) in [4.78, 5) is 12.1. The summed E-state index contributed by atoms with van der Waals surface area (Å²) in [6.07, 6.45) is 2.33. The summed E-state index contributed by atoms with van der Waals surface area (Å²) >= 11 is 3.38. The van der Waals surface area contributed by atoms with Gasteiger partial charge >= 0.3 is 0 Å². The van der Waals surface area contributed by atoms with Crippen LogP contribution >= 0.6 is 15.9 Å². The maximum Gasteiger partial charge on any atom is 0.240 e. The van der Waals surface area contributed by atoms with E-state index in [0.29, 0.717) is 12.8 Å². The van der Waals surface area contributed by atoms with Gasteiger partial charge in [-0.25, -0.2) is 0 Å². The van der Waals surface area contributed by atoms with E-state index in [9.17, 15) is 4.79 Å². The highest BCUT2D eigenvalue weighted by Gasteiger charge is 2.44. The lowest BCUT2D eigenvalue weighted by molar-refractivity contribution is -0.132. The first kappa shape index (κ1) is 13.1. The molecule has 94 valence electrons. The molecule has 1 aromatic carbocycles. The summed E-state index contributed by atoms with van der Waals surface area (Å²) < 4.78 is 1.01. The molecule has 18 heavy (non-hydrogen) atoms. The van der Waals surface area contributed by atoms with E-state index < -0.39 is 5.41 Å². The Morgan fingerprint density at radius 2 is 2.06 bits per heavy atom. The lowest BCUT2D eigenvalue weighted by atomic mass is 9.69. The fourth-order valence-electron chi connectivity index (χ4n) is 2.09. The number of rotatable bonds is 3. The molecule has 1 aromatic rings. The minimum absolute atomic E-state index is 0.0728. The average Bonchev–Trinajstić information content (AvgIpc) is 2.29. The predicted molar refractivity (Wildman–Crippen MR) is 72.6 cm³/mol.